The highest BCUT2D eigenvalue weighted by Crippen LogP contribution is 2.62. The van der Waals surface area contributed by atoms with Crippen molar-refractivity contribution in [3.05, 3.63) is 27.7 Å². The van der Waals surface area contributed by atoms with Crippen LogP contribution in [0.15, 0.2) is 10.5 Å². The molecule has 1 aromatic rings. The monoisotopic (exact) mass is 407 g/mol. The smallest absolute Gasteiger partial charge is 0.192 e. The predicted octanol–water partition coefficient (Wildman–Crippen LogP) is 5.37. The molecular weight excluding hydrogens is 380 g/mol. The molecule has 0 aliphatic heterocycles. The zero-order valence-corrected chi connectivity index (χ0v) is 17.0. The van der Waals surface area contributed by atoms with E-state index in [1.807, 2.05) is 6.92 Å². The Morgan fingerprint density at radius 3 is 2.36 bits per heavy atom. The Morgan fingerprint density at radius 1 is 1.20 bits per heavy atom. The number of hydrogen-bond acceptors (Lipinski definition) is 3. The Kier molecular flexibility index (Phi) is 4.89. The van der Waals surface area contributed by atoms with E-state index in [4.69, 9.17) is 14.2 Å². The second kappa shape index (κ2) is 6.86. The maximum Gasteiger partial charge on any atom is 0.192 e. The first kappa shape index (κ1) is 17.8. The highest BCUT2D eigenvalue weighted by molar-refractivity contribution is 9.10. The van der Waals surface area contributed by atoms with Crippen molar-refractivity contribution in [2.75, 3.05) is 13.9 Å². The summed E-state index contributed by atoms with van der Waals surface area (Å²) in [5.74, 6) is 3.64. The van der Waals surface area contributed by atoms with E-state index < -0.39 is 0 Å². The lowest BCUT2D eigenvalue weighted by atomic mass is 9.48. The van der Waals surface area contributed by atoms with Gasteiger partial charge in [0.05, 0.1) is 4.47 Å². The fourth-order valence-corrected chi connectivity index (χ4v) is 6.23. The van der Waals surface area contributed by atoms with Crippen molar-refractivity contribution in [2.24, 2.45) is 17.8 Å². The zero-order chi connectivity index (χ0) is 17.6. The number of rotatable bonds is 6. The predicted molar refractivity (Wildman–Crippen MR) is 101 cm³/mol. The van der Waals surface area contributed by atoms with Crippen LogP contribution in [0.1, 0.15) is 56.6 Å². The first-order valence-electron chi connectivity index (χ1n) is 9.49. The van der Waals surface area contributed by atoms with Gasteiger partial charge in [-0.2, -0.15) is 0 Å². The van der Waals surface area contributed by atoms with Crippen molar-refractivity contribution in [1.29, 1.82) is 0 Å². The van der Waals surface area contributed by atoms with Gasteiger partial charge in [0.15, 0.2) is 13.1 Å². The van der Waals surface area contributed by atoms with Crippen LogP contribution in [0.3, 0.4) is 0 Å². The van der Waals surface area contributed by atoms with E-state index in [-0.39, 0.29) is 18.5 Å². The van der Waals surface area contributed by atoms with Crippen LogP contribution in [0, 0.1) is 30.7 Å². The Morgan fingerprint density at radius 2 is 1.80 bits per heavy atom. The highest BCUT2D eigenvalue weighted by Gasteiger charge is 2.52. The molecule has 4 aliphatic rings. The molecule has 0 heterocycles. The van der Waals surface area contributed by atoms with Crippen LogP contribution in [-0.2, 0) is 14.9 Å². The number of methoxy groups -OCH3 is 1. The molecule has 4 saturated carbocycles. The normalized spacial score (nSPS) is 34.3. The van der Waals surface area contributed by atoms with Crippen molar-refractivity contribution < 1.29 is 14.2 Å². The van der Waals surface area contributed by atoms with Gasteiger partial charge in [0.2, 0.25) is 0 Å². The fourth-order valence-electron chi connectivity index (χ4n) is 5.80. The van der Waals surface area contributed by atoms with E-state index in [2.05, 4.69) is 35.0 Å². The molecular formula is C21H28BrO3. The summed E-state index contributed by atoms with van der Waals surface area (Å²) < 4.78 is 17.9. The summed E-state index contributed by atoms with van der Waals surface area (Å²) in [6.07, 6.45) is 7.96. The van der Waals surface area contributed by atoms with E-state index in [1.54, 1.807) is 7.11 Å². The summed E-state index contributed by atoms with van der Waals surface area (Å²) >= 11 is 3.76. The molecule has 1 radical (unpaired) electrons. The number of hydrogen-bond donors (Lipinski definition) is 0. The second-order valence-corrected chi connectivity index (χ2v) is 9.21. The average Bonchev–Trinajstić information content (AvgIpc) is 2.57. The number of aryl methyl sites for hydroxylation is 1. The topological polar surface area (TPSA) is 27.7 Å². The van der Waals surface area contributed by atoms with Gasteiger partial charge in [0.25, 0.3) is 0 Å². The third-order valence-electron chi connectivity index (χ3n) is 6.61. The number of benzene rings is 1. The Hall–Kier alpha value is -0.580. The number of halogens is 1. The average molecular weight is 408 g/mol. The van der Waals surface area contributed by atoms with Crippen LogP contribution < -0.4 is 4.74 Å². The molecule has 0 aromatic heterocycles. The zero-order valence-electron chi connectivity index (χ0n) is 15.4. The number of ether oxygens (including phenoxy) is 3. The minimum atomic E-state index is -0.268. The van der Waals surface area contributed by atoms with Gasteiger partial charge in [-0.1, -0.05) is 0 Å². The standard InChI is InChI=1S/C21H28BrO3/c1-13-4-5-18(20(19(13)22)25-12-24-14(2)23-3)21-9-15-6-16(10-21)8-17(7-15)11-21/h4,14-17H,6-12H2,1-3H3. The molecule has 25 heavy (non-hydrogen) atoms. The summed E-state index contributed by atoms with van der Waals surface area (Å²) in [6, 6.07) is 5.73. The van der Waals surface area contributed by atoms with Crippen LogP contribution in [0.5, 0.6) is 5.75 Å². The molecule has 4 fully saturated rings. The van der Waals surface area contributed by atoms with Gasteiger partial charge in [0, 0.05) is 18.1 Å². The van der Waals surface area contributed by atoms with Gasteiger partial charge in [-0.3, -0.25) is 0 Å². The van der Waals surface area contributed by atoms with Gasteiger partial charge in [0.1, 0.15) is 5.75 Å². The van der Waals surface area contributed by atoms with Crippen LogP contribution in [0.2, 0.25) is 0 Å². The van der Waals surface area contributed by atoms with Crippen molar-refractivity contribution in [1.82, 2.24) is 0 Å². The maximum absolute atomic E-state index is 6.13. The molecule has 0 saturated heterocycles. The molecule has 1 atom stereocenters. The second-order valence-electron chi connectivity index (χ2n) is 8.42. The molecule has 4 heteroatoms. The van der Waals surface area contributed by atoms with Gasteiger partial charge < -0.3 is 14.2 Å². The highest BCUT2D eigenvalue weighted by atomic mass is 79.9. The third-order valence-corrected chi connectivity index (χ3v) is 7.60. The van der Waals surface area contributed by atoms with Crippen molar-refractivity contribution in [3.63, 3.8) is 0 Å². The molecule has 0 spiro atoms. The lowest BCUT2D eigenvalue weighted by Crippen LogP contribution is -2.48. The van der Waals surface area contributed by atoms with E-state index in [0.29, 0.717) is 0 Å². The summed E-state index contributed by atoms with van der Waals surface area (Å²) in [4.78, 5) is 0. The van der Waals surface area contributed by atoms with Gasteiger partial charge in [-0.15, -0.1) is 0 Å². The molecule has 4 aliphatic carbocycles. The third kappa shape index (κ3) is 3.26. The lowest BCUT2D eigenvalue weighted by Gasteiger charge is -2.57. The van der Waals surface area contributed by atoms with E-state index in [0.717, 1.165) is 33.5 Å². The van der Waals surface area contributed by atoms with Crippen LogP contribution >= 0.6 is 15.9 Å². The fraction of sp³-hybridized carbons (Fsp3) is 0.714. The molecule has 0 amide bonds. The lowest BCUT2D eigenvalue weighted by molar-refractivity contribution is -0.150. The van der Waals surface area contributed by atoms with Crippen LogP contribution in [0.25, 0.3) is 0 Å². The first-order valence-corrected chi connectivity index (χ1v) is 10.3. The molecule has 3 nitrogen and oxygen atoms in total. The van der Waals surface area contributed by atoms with Crippen molar-refractivity contribution >= 4 is 15.9 Å². The molecule has 137 valence electrons. The summed E-state index contributed by atoms with van der Waals surface area (Å²) in [7, 11) is 1.64. The first-order chi connectivity index (χ1) is 12.0. The van der Waals surface area contributed by atoms with Gasteiger partial charge in [-0.25, -0.2) is 0 Å². The van der Waals surface area contributed by atoms with E-state index >= 15 is 0 Å². The summed E-state index contributed by atoms with van der Waals surface area (Å²) in [5.41, 5.74) is 2.69. The Balaban J connectivity index is 1.64. The minimum absolute atomic E-state index is 0.199. The van der Waals surface area contributed by atoms with Crippen LogP contribution in [-0.4, -0.2) is 20.2 Å². The summed E-state index contributed by atoms with van der Waals surface area (Å²) in [6.45, 7) is 4.17. The molecule has 1 unspecified atom stereocenters. The van der Waals surface area contributed by atoms with E-state index in [1.165, 1.54) is 44.1 Å². The van der Waals surface area contributed by atoms with Gasteiger partial charge in [-0.05, 0) is 104 Å². The van der Waals surface area contributed by atoms with Crippen molar-refractivity contribution in [3.8, 4) is 5.75 Å². The molecule has 0 N–H and O–H groups in total. The van der Waals surface area contributed by atoms with Gasteiger partial charge >= 0.3 is 0 Å². The van der Waals surface area contributed by atoms with Crippen molar-refractivity contribution in [2.45, 2.75) is 64.1 Å². The maximum atomic E-state index is 6.13. The van der Waals surface area contributed by atoms with Crippen LogP contribution in [0.4, 0.5) is 0 Å². The molecule has 4 bridgehead atoms. The molecule has 1 aromatic carbocycles. The van der Waals surface area contributed by atoms with E-state index in [9.17, 15) is 0 Å². The summed E-state index contributed by atoms with van der Waals surface area (Å²) in [5, 5.41) is 0. The Labute approximate surface area is 159 Å². The SMILES string of the molecule is COC(C)OCOc1c(C23CC4CC(CC(C4)C2)C3)[c]cc(C)c1Br. The Bertz CT molecular complexity index is 607. The quantitative estimate of drug-likeness (QED) is 0.593. The minimum Gasteiger partial charge on any atom is -0.466 e. The largest absolute Gasteiger partial charge is 0.466 e. The molecule has 5 rings (SSSR count).